The van der Waals surface area contributed by atoms with Gasteiger partial charge >= 0.3 is 0 Å². The molecule has 0 aliphatic carbocycles. The lowest BCUT2D eigenvalue weighted by Crippen LogP contribution is -2.46. The first-order valence-corrected chi connectivity index (χ1v) is 7.76. The van der Waals surface area contributed by atoms with Crippen molar-refractivity contribution in [3.63, 3.8) is 0 Å². The number of ether oxygens (including phenoxy) is 2. The molecular weight excluding hydrogens is 300 g/mol. The summed E-state index contributed by atoms with van der Waals surface area (Å²) in [7, 11) is 3.14. The Kier molecular flexibility index (Phi) is 5.94. The third-order valence-electron chi connectivity index (χ3n) is 3.21. The van der Waals surface area contributed by atoms with Crippen LogP contribution in [-0.4, -0.2) is 32.8 Å². The highest BCUT2D eigenvalue weighted by atomic mass is 32.1. The Morgan fingerprint density at radius 3 is 2.55 bits per heavy atom. The Morgan fingerprint density at radius 1 is 1.27 bits per heavy atom. The largest absolute Gasteiger partial charge is 0.497 e. The predicted molar refractivity (Wildman–Crippen MR) is 88.4 cm³/mol. The average Bonchev–Trinajstić information content (AvgIpc) is 3.05. The Hall–Kier alpha value is -1.89. The maximum atomic E-state index is 12.6. The number of hydrogen-bond donors (Lipinski definition) is 1. The normalized spacial score (nSPS) is 12.0. The van der Waals surface area contributed by atoms with Crippen LogP contribution >= 0.6 is 11.3 Å². The molecule has 0 aliphatic heterocycles. The number of hydrogen-bond acceptors (Lipinski definition) is 5. The van der Waals surface area contributed by atoms with Crippen LogP contribution in [0.1, 0.15) is 4.88 Å². The van der Waals surface area contributed by atoms with Gasteiger partial charge in [0.05, 0.1) is 20.3 Å². The van der Waals surface area contributed by atoms with Gasteiger partial charge in [-0.25, -0.2) is 0 Å². The Labute approximate surface area is 134 Å². The molecule has 1 heterocycles. The van der Waals surface area contributed by atoms with Crippen LogP contribution in [0.25, 0.3) is 0 Å². The molecule has 0 radical (unpaired) electrons. The summed E-state index contributed by atoms with van der Waals surface area (Å²) in [6.07, 6.45) is 0. The van der Waals surface area contributed by atoms with Crippen LogP contribution in [-0.2, 0) is 16.1 Å². The summed E-state index contributed by atoms with van der Waals surface area (Å²) in [5.74, 6) is 0.578. The first-order chi connectivity index (χ1) is 10.7. The fraction of sp³-hybridized carbons (Fsp3) is 0.312. The Balaban J connectivity index is 2.25. The second-order valence-electron chi connectivity index (χ2n) is 4.76. The highest BCUT2D eigenvalue weighted by molar-refractivity contribution is 7.09. The second kappa shape index (κ2) is 7.93. The molecule has 0 aliphatic rings. The number of nitrogens with two attached hydrogens (primary N) is 1. The van der Waals surface area contributed by atoms with Gasteiger partial charge in [-0.15, -0.1) is 11.3 Å². The molecule has 0 spiro atoms. The molecule has 6 heteroatoms. The topological polar surface area (TPSA) is 64.8 Å². The van der Waals surface area contributed by atoms with Gasteiger partial charge in [-0.2, -0.15) is 0 Å². The van der Waals surface area contributed by atoms with Crippen LogP contribution in [0.3, 0.4) is 0 Å². The summed E-state index contributed by atoms with van der Waals surface area (Å²) in [5, 5.41) is 1.99. The Bertz CT molecular complexity index is 584. The second-order valence-corrected chi connectivity index (χ2v) is 5.80. The van der Waals surface area contributed by atoms with Crippen molar-refractivity contribution in [3.05, 3.63) is 46.7 Å². The van der Waals surface area contributed by atoms with Crippen molar-refractivity contribution in [2.45, 2.75) is 12.6 Å². The number of thiophene rings is 1. The van der Waals surface area contributed by atoms with Gasteiger partial charge in [0.25, 0.3) is 0 Å². The van der Waals surface area contributed by atoms with E-state index >= 15 is 0 Å². The van der Waals surface area contributed by atoms with Crippen molar-refractivity contribution >= 4 is 22.9 Å². The zero-order valence-electron chi connectivity index (χ0n) is 12.7. The highest BCUT2D eigenvalue weighted by Gasteiger charge is 2.23. The smallest absolute Gasteiger partial charge is 0.246 e. The molecule has 1 aromatic heterocycles. The van der Waals surface area contributed by atoms with Crippen LogP contribution in [0.4, 0.5) is 5.69 Å². The van der Waals surface area contributed by atoms with E-state index in [1.165, 1.54) is 7.11 Å². The lowest BCUT2D eigenvalue weighted by Gasteiger charge is -2.25. The van der Waals surface area contributed by atoms with Gasteiger partial charge in [0.2, 0.25) is 5.91 Å². The van der Waals surface area contributed by atoms with Crippen molar-refractivity contribution in [1.82, 2.24) is 0 Å². The number of carbonyl (C=O) groups excluding carboxylic acids is 1. The van der Waals surface area contributed by atoms with E-state index < -0.39 is 6.04 Å². The molecule has 1 amide bonds. The van der Waals surface area contributed by atoms with Crippen LogP contribution in [0.5, 0.6) is 5.75 Å². The number of rotatable bonds is 7. The summed E-state index contributed by atoms with van der Waals surface area (Å²) in [6.45, 7) is 0.677. The summed E-state index contributed by atoms with van der Waals surface area (Å²) in [6, 6.07) is 10.6. The minimum Gasteiger partial charge on any atom is -0.497 e. The van der Waals surface area contributed by atoms with Crippen molar-refractivity contribution < 1.29 is 14.3 Å². The quantitative estimate of drug-likeness (QED) is 0.850. The molecule has 2 rings (SSSR count). The standard InChI is InChI=1S/C16H20N2O3S/c1-20-11-15(17)16(19)18(10-14-4-3-9-22-14)12-5-7-13(21-2)8-6-12/h3-9,15H,10-11,17H2,1-2H3. The highest BCUT2D eigenvalue weighted by Crippen LogP contribution is 2.23. The molecule has 2 aromatic rings. The third kappa shape index (κ3) is 4.07. The first kappa shape index (κ1) is 16.5. The molecule has 5 nitrogen and oxygen atoms in total. The third-order valence-corrected chi connectivity index (χ3v) is 4.07. The maximum absolute atomic E-state index is 12.6. The molecule has 118 valence electrons. The van der Waals surface area contributed by atoms with E-state index in [2.05, 4.69) is 0 Å². The number of amides is 1. The van der Waals surface area contributed by atoms with Crippen molar-refractivity contribution in [2.24, 2.45) is 5.73 Å². The summed E-state index contributed by atoms with van der Waals surface area (Å²) >= 11 is 1.61. The molecular formula is C16H20N2O3S. The fourth-order valence-electron chi connectivity index (χ4n) is 2.07. The van der Waals surface area contributed by atoms with Gasteiger partial charge < -0.3 is 20.1 Å². The van der Waals surface area contributed by atoms with E-state index in [-0.39, 0.29) is 12.5 Å². The fourth-order valence-corrected chi connectivity index (χ4v) is 2.76. The molecule has 1 aromatic carbocycles. The molecule has 0 saturated carbocycles. The van der Waals surface area contributed by atoms with Crippen molar-refractivity contribution in [2.75, 3.05) is 25.7 Å². The molecule has 0 fully saturated rings. The molecule has 22 heavy (non-hydrogen) atoms. The zero-order chi connectivity index (χ0) is 15.9. The minimum absolute atomic E-state index is 0.166. The minimum atomic E-state index is -0.688. The van der Waals surface area contributed by atoms with Crippen LogP contribution in [0.2, 0.25) is 0 Å². The van der Waals surface area contributed by atoms with Crippen molar-refractivity contribution in [1.29, 1.82) is 0 Å². The average molecular weight is 320 g/mol. The van der Waals surface area contributed by atoms with Crippen LogP contribution < -0.4 is 15.4 Å². The Morgan fingerprint density at radius 2 is 2.00 bits per heavy atom. The molecule has 1 atom stereocenters. The SMILES string of the molecule is COCC(N)C(=O)N(Cc1cccs1)c1ccc(OC)cc1. The zero-order valence-corrected chi connectivity index (χ0v) is 13.5. The van der Waals surface area contributed by atoms with Gasteiger partial charge in [0.1, 0.15) is 11.8 Å². The number of carbonyl (C=O) groups is 1. The number of methoxy groups -OCH3 is 2. The molecule has 2 N–H and O–H groups in total. The lowest BCUT2D eigenvalue weighted by molar-refractivity contribution is -0.121. The van der Waals surface area contributed by atoms with E-state index in [1.54, 1.807) is 23.3 Å². The van der Waals surface area contributed by atoms with E-state index in [0.29, 0.717) is 6.54 Å². The lowest BCUT2D eigenvalue weighted by atomic mass is 10.2. The summed E-state index contributed by atoms with van der Waals surface area (Å²) in [5.41, 5.74) is 6.70. The first-order valence-electron chi connectivity index (χ1n) is 6.88. The molecule has 0 saturated heterocycles. The van der Waals surface area contributed by atoms with Crippen LogP contribution in [0, 0.1) is 0 Å². The van der Waals surface area contributed by atoms with Gasteiger partial charge in [-0.1, -0.05) is 6.07 Å². The predicted octanol–water partition coefficient (Wildman–Crippen LogP) is 2.26. The number of nitrogens with zero attached hydrogens (tertiary/aromatic N) is 1. The van der Waals surface area contributed by atoms with Crippen LogP contribution in [0.15, 0.2) is 41.8 Å². The monoisotopic (exact) mass is 320 g/mol. The van der Waals surface area contributed by atoms with Gasteiger partial charge in [0, 0.05) is 17.7 Å². The van der Waals surface area contributed by atoms with E-state index in [0.717, 1.165) is 16.3 Å². The summed E-state index contributed by atoms with van der Waals surface area (Å²) < 4.78 is 10.1. The van der Waals surface area contributed by atoms with E-state index in [9.17, 15) is 4.79 Å². The summed E-state index contributed by atoms with van der Waals surface area (Å²) in [4.78, 5) is 15.4. The number of anilines is 1. The van der Waals surface area contributed by atoms with Gasteiger partial charge in [-0.05, 0) is 35.7 Å². The van der Waals surface area contributed by atoms with E-state index in [1.807, 2.05) is 41.8 Å². The van der Waals surface area contributed by atoms with Gasteiger partial charge in [-0.3, -0.25) is 4.79 Å². The van der Waals surface area contributed by atoms with E-state index in [4.69, 9.17) is 15.2 Å². The number of benzene rings is 1. The molecule has 1 unspecified atom stereocenters. The van der Waals surface area contributed by atoms with Crippen molar-refractivity contribution in [3.8, 4) is 5.75 Å². The van der Waals surface area contributed by atoms with Gasteiger partial charge in [0.15, 0.2) is 0 Å². The molecule has 0 bridgehead atoms. The maximum Gasteiger partial charge on any atom is 0.246 e.